The van der Waals surface area contributed by atoms with Crippen LogP contribution in [0.25, 0.3) is 0 Å². The molecular weight excluding hydrogens is 256 g/mol. The van der Waals surface area contributed by atoms with Crippen LogP contribution in [0.5, 0.6) is 0 Å². The lowest BCUT2D eigenvalue weighted by atomic mass is 10.1. The maximum atomic E-state index is 12.0. The summed E-state index contributed by atoms with van der Waals surface area (Å²) in [6, 6.07) is 10.0. The van der Waals surface area contributed by atoms with Crippen LogP contribution >= 0.6 is 0 Å². The largest absolute Gasteiger partial charge is 0.481 e. The van der Waals surface area contributed by atoms with Gasteiger partial charge >= 0.3 is 12.0 Å². The average Bonchev–Trinajstić information content (AvgIpc) is 3.18. The Hall–Kier alpha value is -2.04. The number of benzene rings is 1. The summed E-state index contributed by atoms with van der Waals surface area (Å²) in [5.41, 5.74) is 1.24. The second kappa shape index (κ2) is 5.94. The van der Waals surface area contributed by atoms with Crippen LogP contribution < -0.4 is 5.32 Å². The molecule has 0 aromatic heterocycles. The van der Waals surface area contributed by atoms with Crippen molar-refractivity contribution < 1.29 is 14.7 Å². The van der Waals surface area contributed by atoms with Crippen molar-refractivity contribution in [1.29, 1.82) is 0 Å². The molecule has 0 radical (unpaired) electrons. The summed E-state index contributed by atoms with van der Waals surface area (Å²) < 4.78 is 0. The summed E-state index contributed by atoms with van der Waals surface area (Å²) in [6.07, 6.45) is 0.943. The Bertz CT molecular complexity index is 489. The lowest BCUT2D eigenvalue weighted by Crippen LogP contribution is -2.42. The fourth-order valence-electron chi connectivity index (χ4n) is 2.26. The van der Waals surface area contributed by atoms with Gasteiger partial charge in [-0.05, 0) is 12.0 Å². The minimum Gasteiger partial charge on any atom is -0.481 e. The van der Waals surface area contributed by atoms with Crippen LogP contribution in [0.3, 0.4) is 0 Å². The first-order valence-electron chi connectivity index (χ1n) is 6.78. The van der Waals surface area contributed by atoms with E-state index in [1.54, 1.807) is 14.0 Å². The minimum atomic E-state index is -0.891. The second-order valence-electron chi connectivity index (χ2n) is 5.43. The zero-order valence-corrected chi connectivity index (χ0v) is 11.7. The van der Waals surface area contributed by atoms with Crippen LogP contribution in [-0.2, 0) is 4.79 Å². The van der Waals surface area contributed by atoms with Gasteiger partial charge in [0.05, 0.1) is 5.92 Å². The van der Waals surface area contributed by atoms with Gasteiger partial charge < -0.3 is 15.3 Å². The van der Waals surface area contributed by atoms with E-state index in [1.165, 1.54) is 10.5 Å². The zero-order valence-electron chi connectivity index (χ0n) is 11.7. The molecule has 108 valence electrons. The minimum absolute atomic E-state index is 0.160. The number of rotatable bonds is 5. The predicted molar refractivity (Wildman–Crippen MR) is 75.5 cm³/mol. The molecular formula is C15H20N2O3. The van der Waals surface area contributed by atoms with Gasteiger partial charge in [-0.2, -0.15) is 0 Å². The summed E-state index contributed by atoms with van der Waals surface area (Å²) in [7, 11) is 1.62. The van der Waals surface area contributed by atoms with Crippen molar-refractivity contribution in [2.45, 2.75) is 25.3 Å². The number of nitrogens with one attached hydrogen (secondary N) is 1. The molecule has 0 saturated heterocycles. The second-order valence-corrected chi connectivity index (χ2v) is 5.43. The van der Waals surface area contributed by atoms with Crippen molar-refractivity contribution in [3.63, 3.8) is 0 Å². The Labute approximate surface area is 118 Å². The quantitative estimate of drug-likeness (QED) is 0.863. The standard InChI is InChI=1S/C15H20N2O3/c1-10(14(18)19)9-17(2)15(20)16-13-8-12(13)11-6-4-3-5-7-11/h3-7,10,12-13H,8-9H2,1-2H3,(H,16,20)(H,18,19). The molecule has 0 spiro atoms. The molecule has 0 aliphatic heterocycles. The number of carboxylic acid groups (broad SMARTS) is 1. The molecule has 2 rings (SSSR count). The molecule has 2 amide bonds. The number of hydrogen-bond acceptors (Lipinski definition) is 2. The molecule has 1 aliphatic rings. The molecule has 5 nitrogen and oxygen atoms in total. The van der Waals surface area contributed by atoms with Gasteiger partial charge in [-0.3, -0.25) is 4.79 Å². The Morgan fingerprint density at radius 2 is 2.05 bits per heavy atom. The van der Waals surface area contributed by atoms with Gasteiger partial charge in [-0.25, -0.2) is 4.79 Å². The number of aliphatic carboxylic acids is 1. The first-order chi connectivity index (χ1) is 9.49. The normalized spacial score (nSPS) is 21.9. The molecule has 0 bridgehead atoms. The van der Waals surface area contributed by atoms with Crippen LogP contribution in [0.4, 0.5) is 4.79 Å². The van der Waals surface area contributed by atoms with E-state index in [-0.39, 0.29) is 18.6 Å². The topological polar surface area (TPSA) is 69.6 Å². The molecule has 20 heavy (non-hydrogen) atoms. The SMILES string of the molecule is CC(CN(C)C(=O)NC1CC1c1ccccc1)C(=O)O. The number of hydrogen-bond donors (Lipinski definition) is 2. The third-order valence-electron chi connectivity index (χ3n) is 3.64. The molecule has 1 aliphatic carbocycles. The predicted octanol–water partition coefficient (Wildman–Crippen LogP) is 1.90. The van der Waals surface area contributed by atoms with Crippen LogP contribution in [-0.4, -0.2) is 41.6 Å². The first kappa shape index (κ1) is 14.4. The Morgan fingerprint density at radius 3 is 2.65 bits per heavy atom. The van der Waals surface area contributed by atoms with Gasteiger partial charge in [0.25, 0.3) is 0 Å². The van der Waals surface area contributed by atoms with Crippen LogP contribution in [0.15, 0.2) is 30.3 Å². The first-order valence-corrected chi connectivity index (χ1v) is 6.78. The summed E-state index contributed by atoms with van der Waals surface area (Å²) in [6.45, 7) is 1.81. The highest BCUT2D eigenvalue weighted by molar-refractivity contribution is 5.76. The number of carbonyl (C=O) groups is 2. The van der Waals surface area contributed by atoms with Gasteiger partial charge in [0, 0.05) is 25.6 Å². The highest BCUT2D eigenvalue weighted by Crippen LogP contribution is 2.40. The van der Waals surface area contributed by atoms with Crippen LogP contribution in [0.2, 0.25) is 0 Å². The van der Waals surface area contributed by atoms with Crippen molar-refractivity contribution >= 4 is 12.0 Å². The van der Waals surface area contributed by atoms with E-state index in [9.17, 15) is 9.59 Å². The fourth-order valence-corrected chi connectivity index (χ4v) is 2.26. The third kappa shape index (κ3) is 3.50. The third-order valence-corrected chi connectivity index (χ3v) is 3.64. The highest BCUT2D eigenvalue weighted by Gasteiger charge is 2.39. The van der Waals surface area contributed by atoms with Crippen molar-refractivity contribution in [3.05, 3.63) is 35.9 Å². The summed E-state index contributed by atoms with van der Waals surface area (Å²) >= 11 is 0. The van der Waals surface area contributed by atoms with Crippen LogP contribution in [0, 0.1) is 5.92 Å². The summed E-state index contributed by atoms with van der Waals surface area (Å²) in [5.74, 6) is -1.07. The van der Waals surface area contributed by atoms with Gasteiger partial charge in [0.2, 0.25) is 0 Å². The molecule has 5 heteroatoms. The fraction of sp³-hybridized carbons (Fsp3) is 0.467. The molecule has 1 saturated carbocycles. The van der Waals surface area contributed by atoms with Gasteiger partial charge in [0.15, 0.2) is 0 Å². The number of amides is 2. The molecule has 0 heterocycles. The van der Waals surface area contributed by atoms with Gasteiger partial charge in [-0.1, -0.05) is 37.3 Å². The van der Waals surface area contributed by atoms with E-state index in [1.807, 2.05) is 18.2 Å². The summed E-state index contributed by atoms with van der Waals surface area (Å²) in [4.78, 5) is 24.2. The van der Waals surface area contributed by atoms with Crippen LogP contribution in [0.1, 0.15) is 24.8 Å². The molecule has 1 aromatic rings. The lowest BCUT2D eigenvalue weighted by molar-refractivity contribution is -0.141. The van der Waals surface area contributed by atoms with E-state index >= 15 is 0 Å². The monoisotopic (exact) mass is 276 g/mol. The average molecular weight is 276 g/mol. The van der Waals surface area contributed by atoms with E-state index < -0.39 is 11.9 Å². The van der Waals surface area contributed by atoms with Gasteiger partial charge in [0.1, 0.15) is 0 Å². The van der Waals surface area contributed by atoms with Crippen molar-refractivity contribution in [3.8, 4) is 0 Å². The Balaban J connectivity index is 1.80. The highest BCUT2D eigenvalue weighted by atomic mass is 16.4. The van der Waals surface area contributed by atoms with E-state index in [0.29, 0.717) is 5.92 Å². The van der Waals surface area contributed by atoms with E-state index in [0.717, 1.165) is 6.42 Å². The Kier molecular flexibility index (Phi) is 4.27. The Morgan fingerprint density at radius 1 is 1.40 bits per heavy atom. The van der Waals surface area contributed by atoms with E-state index in [4.69, 9.17) is 5.11 Å². The number of carboxylic acids is 1. The summed E-state index contributed by atoms with van der Waals surface area (Å²) in [5, 5.41) is 11.8. The van der Waals surface area contributed by atoms with Gasteiger partial charge in [-0.15, -0.1) is 0 Å². The maximum absolute atomic E-state index is 12.0. The molecule has 1 aromatic carbocycles. The lowest BCUT2D eigenvalue weighted by Gasteiger charge is -2.20. The zero-order chi connectivity index (χ0) is 14.7. The number of nitrogens with zero attached hydrogens (tertiary/aromatic N) is 1. The molecule has 3 unspecified atom stereocenters. The van der Waals surface area contributed by atoms with Crippen molar-refractivity contribution in [2.75, 3.05) is 13.6 Å². The smallest absolute Gasteiger partial charge is 0.317 e. The number of urea groups is 1. The molecule has 2 N–H and O–H groups in total. The number of carbonyl (C=O) groups excluding carboxylic acids is 1. The molecule has 1 fully saturated rings. The molecule has 3 atom stereocenters. The van der Waals surface area contributed by atoms with Crippen molar-refractivity contribution in [1.82, 2.24) is 10.2 Å². The maximum Gasteiger partial charge on any atom is 0.317 e. The van der Waals surface area contributed by atoms with E-state index in [2.05, 4.69) is 17.4 Å². The van der Waals surface area contributed by atoms with Crippen molar-refractivity contribution in [2.24, 2.45) is 5.92 Å².